The van der Waals surface area contributed by atoms with Crippen LogP contribution < -0.4 is 0 Å². The minimum atomic E-state index is 0.102. The minimum absolute atomic E-state index is 0.102. The summed E-state index contributed by atoms with van der Waals surface area (Å²) in [5, 5.41) is 0. The van der Waals surface area contributed by atoms with Crippen molar-refractivity contribution >= 4 is 23.7 Å². The zero-order chi connectivity index (χ0) is 21.1. The van der Waals surface area contributed by atoms with Gasteiger partial charge in [0.05, 0.1) is 5.69 Å². The lowest BCUT2D eigenvalue weighted by Crippen LogP contribution is -2.17. The second-order valence-corrected chi connectivity index (χ2v) is 10.6. The Morgan fingerprint density at radius 3 is 1.83 bits per heavy atom. The highest BCUT2D eigenvalue weighted by atomic mass is 32.2. The summed E-state index contributed by atoms with van der Waals surface area (Å²) in [4.78, 5) is 7.26. The van der Waals surface area contributed by atoms with Crippen molar-refractivity contribution in [3.05, 3.63) is 89.5 Å². The molecule has 29 heavy (non-hydrogen) atoms. The van der Waals surface area contributed by atoms with Crippen molar-refractivity contribution in [3.8, 4) is 0 Å². The SMILES string of the molecule is CC(C)(C)c1cc(C=Nc2ccccc2Sc2ccccc2)cc(C(C)(C)C)c1. The first-order chi connectivity index (χ1) is 13.6. The molecule has 0 fully saturated rings. The van der Waals surface area contributed by atoms with Gasteiger partial charge in [-0.3, -0.25) is 4.99 Å². The topological polar surface area (TPSA) is 12.4 Å². The number of hydrogen-bond donors (Lipinski definition) is 0. The van der Waals surface area contributed by atoms with Gasteiger partial charge >= 0.3 is 0 Å². The predicted octanol–water partition coefficient (Wildman–Crippen LogP) is 8.18. The smallest absolute Gasteiger partial charge is 0.0769 e. The maximum absolute atomic E-state index is 4.87. The number of rotatable bonds is 4. The van der Waals surface area contributed by atoms with Crippen LogP contribution in [0, 0.1) is 0 Å². The molecule has 3 rings (SSSR count). The Bertz CT molecular complexity index is 957. The molecule has 3 aromatic carbocycles. The average Bonchev–Trinajstić information content (AvgIpc) is 2.66. The normalized spacial score (nSPS) is 12.5. The molecule has 0 N–H and O–H groups in total. The highest BCUT2D eigenvalue weighted by molar-refractivity contribution is 7.99. The third kappa shape index (κ3) is 5.83. The van der Waals surface area contributed by atoms with Crippen LogP contribution in [0.15, 0.2) is 87.6 Å². The standard InChI is InChI=1S/C27H31NS/c1-26(2,3)21-16-20(17-22(18-21)27(4,5)6)19-28-24-14-10-11-15-25(24)29-23-12-8-7-9-13-23/h7-19H,1-6H3. The minimum Gasteiger partial charge on any atom is -0.255 e. The van der Waals surface area contributed by atoms with Crippen molar-refractivity contribution in [1.29, 1.82) is 0 Å². The Hall–Kier alpha value is -2.32. The summed E-state index contributed by atoms with van der Waals surface area (Å²) >= 11 is 1.75. The molecule has 0 unspecified atom stereocenters. The lowest BCUT2D eigenvalue weighted by Gasteiger charge is -2.25. The van der Waals surface area contributed by atoms with Crippen LogP contribution in [0.25, 0.3) is 0 Å². The van der Waals surface area contributed by atoms with E-state index in [4.69, 9.17) is 4.99 Å². The predicted molar refractivity (Wildman–Crippen MR) is 128 cm³/mol. The molecule has 150 valence electrons. The molecular formula is C27H31NS. The van der Waals surface area contributed by atoms with Crippen molar-refractivity contribution in [2.24, 2.45) is 4.99 Å². The highest BCUT2D eigenvalue weighted by Gasteiger charge is 2.20. The van der Waals surface area contributed by atoms with Crippen molar-refractivity contribution in [3.63, 3.8) is 0 Å². The van der Waals surface area contributed by atoms with Crippen molar-refractivity contribution in [1.82, 2.24) is 0 Å². The molecule has 0 aromatic heterocycles. The Kier molecular flexibility index (Phi) is 6.33. The Balaban J connectivity index is 1.96. The van der Waals surface area contributed by atoms with E-state index in [0.717, 1.165) is 16.1 Å². The van der Waals surface area contributed by atoms with Gasteiger partial charge in [0, 0.05) is 16.0 Å². The van der Waals surface area contributed by atoms with Gasteiger partial charge in [0.25, 0.3) is 0 Å². The lowest BCUT2D eigenvalue weighted by molar-refractivity contribution is 0.568. The quantitative estimate of drug-likeness (QED) is 0.401. The van der Waals surface area contributed by atoms with E-state index in [2.05, 4.69) is 102 Å². The molecule has 0 aliphatic carbocycles. The summed E-state index contributed by atoms with van der Waals surface area (Å²) in [6.07, 6.45) is 2.01. The third-order valence-corrected chi connectivity index (χ3v) is 5.95. The van der Waals surface area contributed by atoms with E-state index in [1.807, 2.05) is 18.3 Å². The molecule has 0 saturated heterocycles. The molecule has 1 nitrogen and oxygen atoms in total. The van der Waals surface area contributed by atoms with E-state index in [1.165, 1.54) is 16.0 Å². The fourth-order valence-electron chi connectivity index (χ4n) is 3.00. The molecule has 0 aliphatic rings. The molecular weight excluding hydrogens is 370 g/mol. The van der Waals surface area contributed by atoms with E-state index in [0.29, 0.717) is 0 Å². The fraction of sp³-hybridized carbons (Fsp3) is 0.296. The van der Waals surface area contributed by atoms with E-state index in [9.17, 15) is 0 Å². The molecule has 0 bridgehead atoms. The van der Waals surface area contributed by atoms with E-state index < -0.39 is 0 Å². The van der Waals surface area contributed by atoms with Gasteiger partial charge in [-0.15, -0.1) is 0 Å². The Morgan fingerprint density at radius 2 is 1.24 bits per heavy atom. The molecule has 0 aliphatic heterocycles. The van der Waals surface area contributed by atoms with Crippen LogP contribution >= 0.6 is 11.8 Å². The van der Waals surface area contributed by atoms with Gasteiger partial charge in [0.1, 0.15) is 0 Å². The van der Waals surface area contributed by atoms with Gasteiger partial charge < -0.3 is 0 Å². The Labute approximate surface area is 180 Å². The van der Waals surface area contributed by atoms with Crippen LogP contribution in [0.2, 0.25) is 0 Å². The second-order valence-electron chi connectivity index (χ2n) is 9.48. The summed E-state index contributed by atoms with van der Waals surface area (Å²) in [5.74, 6) is 0. The molecule has 0 amide bonds. The lowest BCUT2D eigenvalue weighted by atomic mass is 9.79. The average molecular weight is 402 g/mol. The summed E-state index contributed by atoms with van der Waals surface area (Å²) in [6.45, 7) is 13.6. The Morgan fingerprint density at radius 1 is 0.690 bits per heavy atom. The van der Waals surface area contributed by atoms with E-state index in [1.54, 1.807) is 11.8 Å². The molecule has 3 aromatic rings. The van der Waals surface area contributed by atoms with E-state index >= 15 is 0 Å². The summed E-state index contributed by atoms with van der Waals surface area (Å²) in [7, 11) is 0. The maximum Gasteiger partial charge on any atom is 0.0769 e. The van der Waals surface area contributed by atoms with Crippen LogP contribution in [-0.4, -0.2) is 6.21 Å². The first-order valence-electron chi connectivity index (χ1n) is 10.1. The maximum atomic E-state index is 4.87. The zero-order valence-electron chi connectivity index (χ0n) is 18.4. The summed E-state index contributed by atoms with van der Waals surface area (Å²) < 4.78 is 0. The van der Waals surface area contributed by atoms with Gasteiger partial charge in [-0.05, 0) is 63.9 Å². The van der Waals surface area contributed by atoms with E-state index in [-0.39, 0.29) is 10.8 Å². The van der Waals surface area contributed by atoms with Gasteiger partial charge in [0.2, 0.25) is 0 Å². The molecule has 0 saturated carbocycles. The van der Waals surface area contributed by atoms with Crippen LogP contribution in [0.1, 0.15) is 58.2 Å². The number of nitrogens with zero attached hydrogens (tertiary/aromatic N) is 1. The second kappa shape index (κ2) is 8.59. The zero-order valence-corrected chi connectivity index (χ0v) is 19.2. The fourth-order valence-corrected chi connectivity index (χ4v) is 3.92. The largest absolute Gasteiger partial charge is 0.255 e. The monoisotopic (exact) mass is 401 g/mol. The van der Waals surface area contributed by atoms with Crippen LogP contribution in [0.5, 0.6) is 0 Å². The van der Waals surface area contributed by atoms with Crippen molar-refractivity contribution in [2.45, 2.75) is 62.2 Å². The van der Waals surface area contributed by atoms with Crippen molar-refractivity contribution in [2.75, 3.05) is 0 Å². The van der Waals surface area contributed by atoms with Crippen LogP contribution in [-0.2, 0) is 10.8 Å². The van der Waals surface area contributed by atoms with Crippen molar-refractivity contribution < 1.29 is 0 Å². The number of aliphatic imine (C=N–C) groups is 1. The molecule has 0 spiro atoms. The first kappa shape index (κ1) is 21.4. The molecule has 0 atom stereocenters. The summed E-state index contributed by atoms with van der Waals surface area (Å²) in [6, 6.07) is 25.7. The molecule has 0 heterocycles. The van der Waals surface area contributed by atoms with Gasteiger partial charge in [-0.25, -0.2) is 0 Å². The number of hydrogen-bond acceptors (Lipinski definition) is 2. The van der Waals surface area contributed by atoms with Gasteiger partial charge in [0.15, 0.2) is 0 Å². The highest BCUT2D eigenvalue weighted by Crippen LogP contribution is 2.35. The molecule has 2 heteroatoms. The summed E-state index contributed by atoms with van der Waals surface area (Å²) in [5.41, 5.74) is 5.05. The van der Waals surface area contributed by atoms with Gasteiger partial charge in [-0.1, -0.05) is 89.7 Å². The van der Waals surface area contributed by atoms with Crippen LogP contribution in [0.4, 0.5) is 5.69 Å². The van der Waals surface area contributed by atoms with Gasteiger partial charge in [-0.2, -0.15) is 0 Å². The molecule has 0 radical (unpaired) electrons. The number of para-hydroxylation sites is 1. The first-order valence-corrected chi connectivity index (χ1v) is 11.0. The third-order valence-electron chi connectivity index (χ3n) is 4.88. The number of benzene rings is 3. The van der Waals surface area contributed by atoms with Crippen LogP contribution in [0.3, 0.4) is 0 Å².